The second kappa shape index (κ2) is 6.25. The fourth-order valence-corrected chi connectivity index (χ4v) is 2.41. The molecular formula is C14H15F3N2O3. The Bertz CT molecular complexity index is 587. The molecule has 120 valence electrons. The third-order valence-corrected chi connectivity index (χ3v) is 3.48. The Hall–Kier alpha value is -2.25. The van der Waals surface area contributed by atoms with Crippen molar-refractivity contribution in [1.29, 1.82) is 0 Å². The monoisotopic (exact) mass is 316 g/mol. The van der Waals surface area contributed by atoms with Crippen LogP contribution in [0.4, 0.5) is 18.0 Å². The maximum absolute atomic E-state index is 12.5. The average molecular weight is 316 g/mol. The number of nitrogens with two attached hydrogens (primary N) is 1. The summed E-state index contributed by atoms with van der Waals surface area (Å²) in [6.07, 6.45) is -5.07. The molecule has 0 aliphatic carbocycles. The number of hydrogen-bond acceptors (Lipinski definition) is 3. The molecule has 0 saturated heterocycles. The Labute approximate surface area is 124 Å². The van der Waals surface area contributed by atoms with Crippen LogP contribution in [0.2, 0.25) is 0 Å². The minimum atomic E-state index is -4.85. The lowest BCUT2D eigenvalue weighted by molar-refractivity contribution is -0.185. The molecule has 0 spiro atoms. The number of primary amides is 1. The van der Waals surface area contributed by atoms with Gasteiger partial charge in [-0.1, -0.05) is 18.2 Å². The van der Waals surface area contributed by atoms with Gasteiger partial charge in [0.2, 0.25) is 0 Å². The maximum atomic E-state index is 12.5. The fraction of sp³-hybridized carbons (Fsp3) is 0.429. The number of carbonyl (C=O) groups excluding carboxylic acids is 2. The molecule has 0 bridgehead atoms. The van der Waals surface area contributed by atoms with Gasteiger partial charge in [-0.3, -0.25) is 4.79 Å². The summed E-state index contributed by atoms with van der Waals surface area (Å²) in [7, 11) is 0. The van der Waals surface area contributed by atoms with E-state index in [1.165, 1.54) is 0 Å². The zero-order chi connectivity index (χ0) is 16.3. The molecule has 5 nitrogen and oxygen atoms in total. The topological polar surface area (TPSA) is 72.6 Å². The number of alkyl halides is 3. The molecule has 1 heterocycles. The predicted octanol–water partition coefficient (Wildman–Crippen LogP) is 1.77. The fourth-order valence-electron chi connectivity index (χ4n) is 2.41. The summed E-state index contributed by atoms with van der Waals surface area (Å²) < 4.78 is 42.1. The number of nitrogens with zero attached hydrogens (tertiary/aromatic N) is 1. The zero-order valence-corrected chi connectivity index (χ0v) is 11.7. The van der Waals surface area contributed by atoms with Crippen molar-refractivity contribution >= 4 is 12.0 Å². The van der Waals surface area contributed by atoms with Crippen molar-refractivity contribution < 1.29 is 27.5 Å². The van der Waals surface area contributed by atoms with Gasteiger partial charge >= 0.3 is 18.2 Å². The van der Waals surface area contributed by atoms with E-state index in [1.807, 2.05) is 0 Å². The minimum absolute atomic E-state index is 0.00543. The highest BCUT2D eigenvalue weighted by Crippen LogP contribution is 2.23. The Balaban J connectivity index is 2.08. The van der Waals surface area contributed by atoms with E-state index in [0.29, 0.717) is 18.4 Å². The third kappa shape index (κ3) is 3.90. The summed E-state index contributed by atoms with van der Waals surface area (Å²) in [4.78, 5) is 22.7. The first-order chi connectivity index (χ1) is 10.3. The molecule has 0 saturated carbocycles. The Morgan fingerprint density at radius 1 is 1.18 bits per heavy atom. The number of benzene rings is 1. The molecule has 1 aliphatic rings. The van der Waals surface area contributed by atoms with Crippen LogP contribution in [0.25, 0.3) is 0 Å². The van der Waals surface area contributed by atoms with Crippen LogP contribution in [0, 0.1) is 0 Å². The van der Waals surface area contributed by atoms with Gasteiger partial charge in [-0.2, -0.15) is 13.2 Å². The summed E-state index contributed by atoms with van der Waals surface area (Å²) in [5, 5.41) is 0. The lowest BCUT2D eigenvalue weighted by atomic mass is 10.0. The summed E-state index contributed by atoms with van der Waals surface area (Å²) in [6, 6.07) is 5.26. The van der Waals surface area contributed by atoms with Crippen molar-refractivity contribution in [3.63, 3.8) is 0 Å². The summed E-state index contributed by atoms with van der Waals surface area (Å²) >= 11 is 0. The predicted molar refractivity (Wildman–Crippen MR) is 70.9 cm³/mol. The Morgan fingerprint density at radius 2 is 1.82 bits per heavy atom. The van der Waals surface area contributed by atoms with E-state index in [-0.39, 0.29) is 19.7 Å². The van der Waals surface area contributed by atoms with Gasteiger partial charge in [-0.15, -0.1) is 0 Å². The lowest BCUT2D eigenvalue weighted by Crippen LogP contribution is -2.42. The van der Waals surface area contributed by atoms with E-state index in [0.717, 1.165) is 16.0 Å². The van der Waals surface area contributed by atoms with Crippen LogP contribution in [0.3, 0.4) is 0 Å². The highest BCUT2D eigenvalue weighted by molar-refractivity contribution is 5.82. The lowest BCUT2D eigenvalue weighted by Gasteiger charge is -2.21. The first-order valence-electron chi connectivity index (χ1n) is 6.66. The normalized spacial score (nSPS) is 15.0. The molecule has 1 aromatic carbocycles. The van der Waals surface area contributed by atoms with Gasteiger partial charge < -0.3 is 15.4 Å². The summed E-state index contributed by atoms with van der Waals surface area (Å²) in [5.74, 6) is -1.81. The number of ether oxygens (including phenoxy) is 1. The van der Waals surface area contributed by atoms with Gasteiger partial charge in [-0.05, 0) is 29.5 Å². The molecule has 2 amide bonds. The van der Waals surface area contributed by atoms with Crippen molar-refractivity contribution in [2.24, 2.45) is 5.73 Å². The molecular weight excluding hydrogens is 301 g/mol. The SMILES string of the molecule is NC(=O)OCc1ccc2c(c1)CCN(C(=O)C(F)(F)F)CC2. The van der Waals surface area contributed by atoms with Crippen molar-refractivity contribution in [2.75, 3.05) is 13.1 Å². The molecule has 22 heavy (non-hydrogen) atoms. The van der Waals surface area contributed by atoms with Crippen LogP contribution >= 0.6 is 0 Å². The zero-order valence-electron chi connectivity index (χ0n) is 11.7. The quantitative estimate of drug-likeness (QED) is 0.904. The summed E-state index contributed by atoms with van der Waals surface area (Å²) in [6.45, 7) is 0.0434. The van der Waals surface area contributed by atoms with Crippen LogP contribution in [-0.2, 0) is 29.0 Å². The molecule has 0 fully saturated rings. The van der Waals surface area contributed by atoms with E-state index in [4.69, 9.17) is 5.73 Å². The van der Waals surface area contributed by atoms with Gasteiger partial charge in [0, 0.05) is 13.1 Å². The van der Waals surface area contributed by atoms with Crippen LogP contribution in [-0.4, -0.2) is 36.2 Å². The van der Waals surface area contributed by atoms with E-state index in [9.17, 15) is 22.8 Å². The largest absolute Gasteiger partial charge is 0.471 e. The standard InChI is InChI=1S/C14H15F3N2O3/c15-14(16,17)12(20)19-5-3-10-2-1-9(8-22-13(18)21)7-11(10)4-6-19/h1-2,7H,3-6,8H2,(H2,18,21). The smallest absolute Gasteiger partial charge is 0.445 e. The van der Waals surface area contributed by atoms with Gasteiger partial charge in [-0.25, -0.2) is 4.79 Å². The van der Waals surface area contributed by atoms with Crippen molar-refractivity contribution in [2.45, 2.75) is 25.6 Å². The van der Waals surface area contributed by atoms with Gasteiger partial charge in [0.05, 0.1) is 0 Å². The molecule has 2 rings (SSSR count). The Kier molecular flexibility index (Phi) is 4.58. The van der Waals surface area contributed by atoms with Crippen LogP contribution < -0.4 is 5.73 Å². The van der Waals surface area contributed by atoms with E-state index >= 15 is 0 Å². The minimum Gasteiger partial charge on any atom is -0.445 e. The number of hydrogen-bond donors (Lipinski definition) is 1. The molecule has 2 N–H and O–H groups in total. The number of amides is 2. The number of rotatable bonds is 2. The number of fused-ring (bicyclic) bond motifs is 1. The summed E-state index contributed by atoms with van der Waals surface area (Å²) in [5.41, 5.74) is 7.32. The van der Waals surface area contributed by atoms with Crippen molar-refractivity contribution in [1.82, 2.24) is 4.90 Å². The molecule has 1 aliphatic heterocycles. The van der Waals surface area contributed by atoms with Gasteiger partial charge in [0.1, 0.15) is 6.61 Å². The first kappa shape index (κ1) is 16.1. The highest BCUT2D eigenvalue weighted by atomic mass is 19.4. The molecule has 0 radical (unpaired) electrons. The van der Waals surface area contributed by atoms with E-state index in [2.05, 4.69) is 4.74 Å². The number of halogens is 3. The molecule has 0 aromatic heterocycles. The molecule has 0 unspecified atom stereocenters. The highest BCUT2D eigenvalue weighted by Gasteiger charge is 2.42. The molecule has 1 aromatic rings. The van der Waals surface area contributed by atoms with Crippen LogP contribution in [0.15, 0.2) is 18.2 Å². The third-order valence-electron chi connectivity index (χ3n) is 3.48. The van der Waals surface area contributed by atoms with Crippen LogP contribution in [0.1, 0.15) is 16.7 Å². The van der Waals surface area contributed by atoms with Crippen molar-refractivity contribution in [3.05, 3.63) is 34.9 Å². The molecule has 0 atom stereocenters. The second-order valence-corrected chi connectivity index (χ2v) is 5.00. The van der Waals surface area contributed by atoms with E-state index in [1.54, 1.807) is 18.2 Å². The molecule has 8 heteroatoms. The van der Waals surface area contributed by atoms with Gasteiger partial charge in [0.15, 0.2) is 0 Å². The number of carbonyl (C=O) groups is 2. The average Bonchev–Trinajstić information content (AvgIpc) is 2.65. The maximum Gasteiger partial charge on any atom is 0.471 e. The first-order valence-corrected chi connectivity index (χ1v) is 6.66. The van der Waals surface area contributed by atoms with Gasteiger partial charge in [0.25, 0.3) is 0 Å². The second-order valence-electron chi connectivity index (χ2n) is 5.00. The Morgan fingerprint density at radius 3 is 2.41 bits per heavy atom. The van der Waals surface area contributed by atoms with Crippen molar-refractivity contribution in [3.8, 4) is 0 Å². The van der Waals surface area contributed by atoms with Crippen LogP contribution in [0.5, 0.6) is 0 Å². The van der Waals surface area contributed by atoms with E-state index < -0.39 is 18.2 Å².